The lowest BCUT2D eigenvalue weighted by Crippen LogP contribution is -2.28. The standard InChI is InChI=1S/C13H19NO3S/c1-5-17-12(15)10-8-6-7-9-11(10)14-18(16)13(2,3)4/h6-9,14H,5H2,1-4H3. The highest BCUT2D eigenvalue weighted by Gasteiger charge is 2.21. The van der Waals surface area contributed by atoms with Gasteiger partial charge in [0.25, 0.3) is 0 Å². The van der Waals surface area contributed by atoms with Crippen molar-refractivity contribution in [3.8, 4) is 0 Å². The van der Waals surface area contributed by atoms with Gasteiger partial charge in [-0.1, -0.05) is 12.1 Å². The fourth-order valence-corrected chi connectivity index (χ4v) is 1.90. The number of hydrogen-bond donors (Lipinski definition) is 1. The van der Waals surface area contributed by atoms with Gasteiger partial charge in [0.15, 0.2) is 0 Å². The molecule has 0 fully saturated rings. The smallest absolute Gasteiger partial charge is 0.340 e. The zero-order valence-electron chi connectivity index (χ0n) is 11.1. The number of carbonyl (C=O) groups is 1. The third-order valence-electron chi connectivity index (χ3n) is 2.18. The van der Waals surface area contributed by atoms with Crippen LogP contribution in [0, 0.1) is 0 Å². The largest absolute Gasteiger partial charge is 0.462 e. The first-order valence-corrected chi connectivity index (χ1v) is 6.96. The van der Waals surface area contributed by atoms with Gasteiger partial charge in [0.2, 0.25) is 0 Å². The number of rotatable bonds is 4. The van der Waals surface area contributed by atoms with E-state index in [1.54, 1.807) is 31.2 Å². The Morgan fingerprint density at radius 3 is 2.50 bits per heavy atom. The van der Waals surface area contributed by atoms with Crippen molar-refractivity contribution in [3.63, 3.8) is 0 Å². The molecule has 5 heteroatoms. The van der Waals surface area contributed by atoms with Crippen LogP contribution in [0.25, 0.3) is 0 Å². The van der Waals surface area contributed by atoms with Crippen LogP contribution in [0.1, 0.15) is 38.1 Å². The Balaban J connectivity index is 2.96. The normalized spacial score (nSPS) is 12.9. The Kier molecular flexibility index (Phi) is 4.90. The minimum absolute atomic E-state index is 0.315. The van der Waals surface area contributed by atoms with Crippen LogP contribution < -0.4 is 4.72 Å². The summed E-state index contributed by atoms with van der Waals surface area (Å²) in [6.07, 6.45) is 0. The number of benzene rings is 1. The molecule has 0 amide bonds. The summed E-state index contributed by atoms with van der Waals surface area (Å²) < 4.78 is 19.4. The van der Waals surface area contributed by atoms with E-state index in [1.165, 1.54) is 0 Å². The molecule has 0 bridgehead atoms. The van der Waals surface area contributed by atoms with E-state index in [0.717, 1.165) is 0 Å². The number of nitrogens with one attached hydrogen (secondary N) is 1. The van der Waals surface area contributed by atoms with Crippen molar-refractivity contribution >= 4 is 22.6 Å². The molecule has 100 valence electrons. The summed E-state index contributed by atoms with van der Waals surface area (Å²) in [6, 6.07) is 6.90. The molecule has 0 radical (unpaired) electrons. The Morgan fingerprint density at radius 2 is 1.94 bits per heavy atom. The van der Waals surface area contributed by atoms with Gasteiger partial charge < -0.3 is 9.46 Å². The number of carbonyl (C=O) groups excluding carboxylic acids is 1. The molecule has 1 atom stereocenters. The van der Waals surface area contributed by atoms with Crippen LogP contribution in [0.3, 0.4) is 0 Å². The molecule has 0 aliphatic heterocycles. The minimum Gasteiger partial charge on any atom is -0.462 e. The Bertz CT molecular complexity index is 452. The van der Waals surface area contributed by atoms with Crippen molar-refractivity contribution < 1.29 is 13.7 Å². The molecule has 1 unspecified atom stereocenters. The van der Waals surface area contributed by atoms with Gasteiger partial charge in [-0.2, -0.15) is 0 Å². The van der Waals surface area contributed by atoms with E-state index < -0.39 is 21.7 Å². The third kappa shape index (κ3) is 3.84. The van der Waals surface area contributed by atoms with Gasteiger partial charge >= 0.3 is 5.97 Å². The molecule has 1 aromatic rings. The number of para-hydroxylation sites is 1. The van der Waals surface area contributed by atoms with Gasteiger partial charge in [0, 0.05) is 0 Å². The quantitative estimate of drug-likeness (QED) is 0.855. The predicted molar refractivity (Wildman–Crippen MR) is 73.9 cm³/mol. The van der Waals surface area contributed by atoms with Gasteiger partial charge in [-0.05, 0) is 39.8 Å². The van der Waals surface area contributed by atoms with Crippen molar-refractivity contribution in [2.75, 3.05) is 11.3 Å². The van der Waals surface area contributed by atoms with Crippen LogP contribution in [0.15, 0.2) is 24.3 Å². The highest BCUT2D eigenvalue weighted by molar-refractivity contribution is 7.87. The molecule has 4 nitrogen and oxygen atoms in total. The maximum absolute atomic E-state index is 12.0. The summed E-state index contributed by atoms with van der Waals surface area (Å²) in [5.74, 6) is -0.411. The lowest BCUT2D eigenvalue weighted by molar-refractivity contribution is 0.0527. The number of esters is 1. The highest BCUT2D eigenvalue weighted by Crippen LogP contribution is 2.20. The van der Waals surface area contributed by atoms with Crippen molar-refractivity contribution in [2.45, 2.75) is 32.4 Å². The summed E-state index contributed by atoms with van der Waals surface area (Å²) in [7, 11) is -1.28. The minimum atomic E-state index is -1.28. The van der Waals surface area contributed by atoms with Crippen LogP contribution in [0.5, 0.6) is 0 Å². The van der Waals surface area contributed by atoms with Crippen LogP contribution in [-0.4, -0.2) is 21.5 Å². The molecular formula is C13H19NO3S. The van der Waals surface area contributed by atoms with Gasteiger partial charge in [0.1, 0.15) is 11.0 Å². The molecule has 0 aliphatic rings. The van der Waals surface area contributed by atoms with Gasteiger partial charge in [-0.15, -0.1) is 0 Å². The molecule has 0 heterocycles. The average molecular weight is 269 g/mol. The number of hydrogen-bond acceptors (Lipinski definition) is 3. The molecule has 0 aromatic heterocycles. The topological polar surface area (TPSA) is 55.4 Å². The van der Waals surface area contributed by atoms with Crippen molar-refractivity contribution in [2.24, 2.45) is 0 Å². The molecule has 1 rings (SSSR count). The summed E-state index contributed by atoms with van der Waals surface area (Å²) in [4.78, 5) is 11.7. The van der Waals surface area contributed by atoms with Gasteiger partial charge in [-0.25, -0.2) is 9.00 Å². The molecule has 0 aliphatic carbocycles. The average Bonchev–Trinajstić information content (AvgIpc) is 2.28. The molecule has 1 N–H and O–H groups in total. The first-order chi connectivity index (χ1) is 8.36. The number of ether oxygens (including phenoxy) is 1. The second-order valence-corrected chi connectivity index (χ2v) is 6.72. The molecule has 0 spiro atoms. The Morgan fingerprint density at radius 1 is 1.33 bits per heavy atom. The van der Waals surface area contributed by atoms with E-state index in [0.29, 0.717) is 17.9 Å². The van der Waals surface area contributed by atoms with Crippen molar-refractivity contribution in [1.29, 1.82) is 0 Å². The monoisotopic (exact) mass is 269 g/mol. The summed E-state index contributed by atoms with van der Waals surface area (Å²) in [5, 5.41) is 0. The summed E-state index contributed by atoms with van der Waals surface area (Å²) in [5.41, 5.74) is 0.932. The van der Waals surface area contributed by atoms with E-state index >= 15 is 0 Å². The SMILES string of the molecule is CCOC(=O)c1ccccc1NS(=O)C(C)(C)C. The molecule has 0 saturated heterocycles. The number of anilines is 1. The van der Waals surface area contributed by atoms with E-state index in [4.69, 9.17) is 4.74 Å². The highest BCUT2D eigenvalue weighted by atomic mass is 32.2. The van der Waals surface area contributed by atoms with Gasteiger partial charge in [-0.3, -0.25) is 0 Å². The Labute approximate surface area is 110 Å². The van der Waals surface area contributed by atoms with Crippen LogP contribution in [-0.2, 0) is 15.7 Å². The Hall–Kier alpha value is -1.36. The maximum atomic E-state index is 12.0. The molecular weight excluding hydrogens is 250 g/mol. The second-order valence-electron chi connectivity index (χ2n) is 4.75. The van der Waals surface area contributed by atoms with Crippen LogP contribution in [0.4, 0.5) is 5.69 Å². The summed E-state index contributed by atoms with van der Waals surface area (Å²) in [6.45, 7) is 7.66. The van der Waals surface area contributed by atoms with Crippen molar-refractivity contribution in [1.82, 2.24) is 0 Å². The summed E-state index contributed by atoms with van der Waals surface area (Å²) >= 11 is 0. The van der Waals surface area contributed by atoms with E-state index in [2.05, 4.69) is 4.72 Å². The molecule has 0 saturated carbocycles. The lowest BCUT2D eigenvalue weighted by atomic mass is 10.2. The van der Waals surface area contributed by atoms with E-state index in [-0.39, 0.29) is 0 Å². The second kappa shape index (κ2) is 6.00. The first-order valence-electron chi connectivity index (χ1n) is 5.81. The third-order valence-corrected chi connectivity index (χ3v) is 3.70. The van der Waals surface area contributed by atoms with Crippen molar-refractivity contribution in [3.05, 3.63) is 29.8 Å². The van der Waals surface area contributed by atoms with E-state index in [1.807, 2.05) is 20.8 Å². The molecule has 1 aromatic carbocycles. The van der Waals surface area contributed by atoms with Gasteiger partial charge in [0.05, 0.1) is 22.6 Å². The zero-order valence-corrected chi connectivity index (χ0v) is 12.0. The predicted octanol–water partition coefficient (Wildman–Crippen LogP) is 2.74. The van der Waals surface area contributed by atoms with Crippen LogP contribution >= 0.6 is 0 Å². The first kappa shape index (κ1) is 14.7. The fourth-order valence-electron chi connectivity index (χ4n) is 1.21. The zero-order chi connectivity index (χ0) is 13.8. The fraction of sp³-hybridized carbons (Fsp3) is 0.462. The molecule has 18 heavy (non-hydrogen) atoms. The van der Waals surface area contributed by atoms with Crippen LogP contribution in [0.2, 0.25) is 0 Å². The van der Waals surface area contributed by atoms with E-state index in [9.17, 15) is 9.00 Å². The maximum Gasteiger partial charge on any atom is 0.340 e. The lowest BCUT2D eigenvalue weighted by Gasteiger charge is -2.19.